The minimum Gasteiger partial charge on any atom is -0.392 e. The molecule has 0 saturated carbocycles. The Labute approximate surface area is 115 Å². The number of hydrogen-bond acceptors (Lipinski definition) is 5. The van der Waals surface area contributed by atoms with Gasteiger partial charge in [-0.1, -0.05) is 0 Å². The minimum atomic E-state index is -0.644. The van der Waals surface area contributed by atoms with E-state index in [1.165, 1.54) is 22.7 Å². The standard InChI is InChI=1S/C12H16N2O4S/c1-8(15)7-13(2)12(16)9-4-5-11(19-3)10(6-9)14(17)18/h4-6,8,15H,7H2,1-3H3. The highest BCUT2D eigenvalue weighted by molar-refractivity contribution is 7.98. The number of nitro groups is 1. The molecule has 0 saturated heterocycles. The molecule has 7 heteroatoms. The number of nitro benzene ring substituents is 1. The van der Waals surface area contributed by atoms with Gasteiger partial charge in [0.25, 0.3) is 11.6 Å². The van der Waals surface area contributed by atoms with Crippen LogP contribution in [0.15, 0.2) is 23.1 Å². The molecule has 1 amide bonds. The molecule has 1 unspecified atom stereocenters. The summed E-state index contributed by atoms with van der Waals surface area (Å²) < 4.78 is 0. The van der Waals surface area contributed by atoms with E-state index in [0.29, 0.717) is 4.90 Å². The lowest BCUT2D eigenvalue weighted by atomic mass is 10.1. The predicted molar refractivity (Wildman–Crippen MR) is 73.5 cm³/mol. The number of hydrogen-bond donors (Lipinski definition) is 1. The number of carbonyl (C=O) groups is 1. The molecular weight excluding hydrogens is 268 g/mol. The molecule has 0 aliphatic carbocycles. The molecule has 104 valence electrons. The van der Waals surface area contributed by atoms with Gasteiger partial charge in [0, 0.05) is 25.2 Å². The number of amides is 1. The molecule has 6 nitrogen and oxygen atoms in total. The Morgan fingerprint density at radius 3 is 2.68 bits per heavy atom. The quantitative estimate of drug-likeness (QED) is 0.506. The van der Waals surface area contributed by atoms with Gasteiger partial charge < -0.3 is 10.0 Å². The highest BCUT2D eigenvalue weighted by Gasteiger charge is 2.19. The van der Waals surface area contributed by atoms with E-state index in [1.807, 2.05) is 0 Å². The van der Waals surface area contributed by atoms with Crippen molar-refractivity contribution in [2.45, 2.75) is 17.9 Å². The smallest absolute Gasteiger partial charge is 0.283 e. The SMILES string of the molecule is CSc1ccc(C(=O)N(C)CC(C)O)cc1[N+](=O)[O-]. The molecule has 1 N–H and O–H groups in total. The summed E-state index contributed by atoms with van der Waals surface area (Å²) in [5.74, 6) is -0.350. The number of rotatable bonds is 5. The van der Waals surface area contributed by atoms with Crippen LogP contribution in [0.5, 0.6) is 0 Å². The van der Waals surface area contributed by atoms with Crippen LogP contribution in [0.2, 0.25) is 0 Å². The molecule has 1 aromatic rings. The Bertz CT molecular complexity index is 491. The molecule has 0 fully saturated rings. The number of benzene rings is 1. The third-order valence-corrected chi connectivity index (χ3v) is 3.29. The lowest BCUT2D eigenvalue weighted by Gasteiger charge is -2.18. The Balaban J connectivity index is 3.05. The molecule has 1 rings (SSSR count). The van der Waals surface area contributed by atoms with Crippen molar-refractivity contribution in [1.29, 1.82) is 0 Å². The normalized spacial score (nSPS) is 12.0. The van der Waals surface area contributed by atoms with Crippen LogP contribution in [-0.2, 0) is 0 Å². The fourth-order valence-corrected chi connectivity index (χ4v) is 2.21. The van der Waals surface area contributed by atoms with E-state index in [1.54, 1.807) is 32.4 Å². The number of thioether (sulfide) groups is 1. The molecule has 0 aliphatic rings. The Kier molecular flexibility index (Phi) is 5.31. The number of carbonyl (C=O) groups excluding carboxylic acids is 1. The summed E-state index contributed by atoms with van der Waals surface area (Å²) >= 11 is 1.26. The van der Waals surface area contributed by atoms with Crippen molar-refractivity contribution >= 4 is 23.4 Å². The lowest BCUT2D eigenvalue weighted by molar-refractivity contribution is -0.387. The third-order valence-electron chi connectivity index (χ3n) is 2.51. The monoisotopic (exact) mass is 284 g/mol. The zero-order chi connectivity index (χ0) is 14.6. The molecule has 0 heterocycles. The van der Waals surface area contributed by atoms with Gasteiger partial charge >= 0.3 is 0 Å². The number of aliphatic hydroxyl groups excluding tert-OH is 1. The number of likely N-dealkylation sites (N-methyl/N-ethyl adjacent to an activating group) is 1. The van der Waals surface area contributed by atoms with E-state index in [9.17, 15) is 20.0 Å². The number of nitrogens with zero attached hydrogens (tertiary/aromatic N) is 2. The maximum absolute atomic E-state index is 12.0. The topological polar surface area (TPSA) is 83.7 Å². The van der Waals surface area contributed by atoms with Crippen LogP contribution in [0.3, 0.4) is 0 Å². The minimum absolute atomic E-state index is 0.0798. The maximum Gasteiger partial charge on any atom is 0.283 e. The van der Waals surface area contributed by atoms with Gasteiger partial charge in [0.2, 0.25) is 0 Å². The second-order valence-electron chi connectivity index (χ2n) is 4.18. The van der Waals surface area contributed by atoms with Crippen LogP contribution in [0, 0.1) is 10.1 Å². The van der Waals surface area contributed by atoms with Crippen LogP contribution in [0.4, 0.5) is 5.69 Å². The van der Waals surface area contributed by atoms with Crippen LogP contribution in [0.25, 0.3) is 0 Å². The zero-order valence-electron chi connectivity index (χ0n) is 11.0. The van der Waals surface area contributed by atoms with Crippen molar-refractivity contribution in [3.63, 3.8) is 0 Å². The van der Waals surface area contributed by atoms with E-state index in [-0.39, 0.29) is 23.7 Å². The fourth-order valence-electron chi connectivity index (χ4n) is 1.67. The lowest BCUT2D eigenvalue weighted by Crippen LogP contribution is -2.33. The second kappa shape index (κ2) is 6.53. The first-order chi connectivity index (χ1) is 8.86. The molecule has 0 radical (unpaired) electrons. The molecule has 19 heavy (non-hydrogen) atoms. The predicted octanol–water partition coefficient (Wildman–Crippen LogP) is 1.77. The number of aliphatic hydroxyl groups is 1. The first kappa shape index (κ1) is 15.5. The molecular formula is C12H16N2O4S. The van der Waals surface area contributed by atoms with Crippen LogP contribution in [0.1, 0.15) is 17.3 Å². The van der Waals surface area contributed by atoms with Crippen molar-refractivity contribution < 1.29 is 14.8 Å². The first-order valence-electron chi connectivity index (χ1n) is 5.62. The molecule has 0 aromatic heterocycles. The molecule has 0 aliphatic heterocycles. The second-order valence-corrected chi connectivity index (χ2v) is 5.03. The van der Waals surface area contributed by atoms with Gasteiger partial charge in [0.1, 0.15) is 0 Å². The highest BCUT2D eigenvalue weighted by atomic mass is 32.2. The zero-order valence-corrected chi connectivity index (χ0v) is 11.8. The van der Waals surface area contributed by atoms with E-state index < -0.39 is 11.0 Å². The summed E-state index contributed by atoms with van der Waals surface area (Å²) in [5, 5.41) is 20.2. The first-order valence-corrected chi connectivity index (χ1v) is 6.85. The van der Waals surface area contributed by atoms with Crippen molar-refractivity contribution in [3.8, 4) is 0 Å². The fraction of sp³-hybridized carbons (Fsp3) is 0.417. The molecule has 1 aromatic carbocycles. The maximum atomic E-state index is 12.0. The molecule has 1 atom stereocenters. The summed E-state index contributed by atoms with van der Waals surface area (Å²) in [6.45, 7) is 1.75. The Morgan fingerprint density at radius 2 is 2.21 bits per heavy atom. The summed E-state index contributed by atoms with van der Waals surface area (Å²) in [6, 6.07) is 4.39. The van der Waals surface area contributed by atoms with Crippen molar-refractivity contribution in [1.82, 2.24) is 4.90 Å². The van der Waals surface area contributed by atoms with Crippen molar-refractivity contribution in [3.05, 3.63) is 33.9 Å². The summed E-state index contributed by atoms with van der Waals surface area (Å²) in [5.41, 5.74) is 0.163. The van der Waals surface area contributed by atoms with E-state index in [4.69, 9.17) is 0 Å². The van der Waals surface area contributed by atoms with Crippen LogP contribution >= 0.6 is 11.8 Å². The summed E-state index contributed by atoms with van der Waals surface area (Å²) in [6.07, 6.45) is 1.10. The van der Waals surface area contributed by atoms with E-state index in [2.05, 4.69) is 0 Å². The largest absolute Gasteiger partial charge is 0.392 e. The van der Waals surface area contributed by atoms with Crippen molar-refractivity contribution in [2.24, 2.45) is 0 Å². The highest BCUT2D eigenvalue weighted by Crippen LogP contribution is 2.28. The average Bonchev–Trinajstić information content (AvgIpc) is 2.36. The van der Waals surface area contributed by atoms with E-state index in [0.717, 1.165) is 0 Å². The van der Waals surface area contributed by atoms with Gasteiger partial charge in [-0.15, -0.1) is 11.8 Å². The summed E-state index contributed by atoms with van der Waals surface area (Å²) in [7, 11) is 1.55. The van der Waals surface area contributed by atoms with Crippen LogP contribution in [-0.4, -0.2) is 46.8 Å². The summed E-state index contributed by atoms with van der Waals surface area (Å²) in [4.78, 5) is 24.3. The van der Waals surface area contributed by atoms with Gasteiger partial charge in [-0.3, -0.25) is 14.9 Å². The van der Waals surface area contributed by atoms with Crippen molar-refractivity contribution in [2.75, 3.05) is 19.8 Å². The van der Waals surface area contributed by atoms with Gasteiger partial charge in [0.05, 0.1) is 15.9 Å². The van der Waals surface area contributed by atoms with E-state index >= 15 is 0 Å². The Hall–Kier alpha value is -1.60. The average molecular weight is 284 g/mol. The molecule has 0 bridgehead atoms. The van der Waals surface area contributed by atoms with Crippen LogP contribution < -0.4 is 0 Å². The van der Waals surface area contributed by atoms with Gasteiger partial charge in [-0.2, -0.15) is 0 Å². The van der Waals surface area contributed by atoms with Gasteiger partial charge in [-0.05, 0) is 25.3 Å². The molecule has 0 spiro atoms. The van der Waals surface area contributed by atoms with Gasteiger partial charge in [-0.25, -0.2) is 0 Å². The van der Waals surface area contributed by atoms with Gasteiger partial charge in [0.15, 0.2) is 0 Å². The Morgan fingerprint density at radius 1 is 1.58 bits per heavy atom. The third kappa shape index (κ3) is 3.93.